The zero-order valence-electron chi connectivity index (χ0n) is 14.2. The summed E-state index contributed by atoms with van der Waals surface area (Å²) in [6.45, 7) is 7.80. The van der Waals surface area contributed by atoms with E-state index in [0.717, 1.165) is 18.3 Å². The van der Waals surface area contributed by atoms with Gasteiger partial charge in [-0.05, 0) is 86.3 Å². The maximum absolute atomic E-state index is 4.11. The molecule has 0 heterocycles. The predicted octanol–water partition coefficient (Wildman–Crippen LogP) is 6.72. The van der Waals surface area contributed by atoms with E-state index in [0.29, 0.717) is 0 Å². The van der Waals surface area contributed by atoms with Crippen LogP contribution >= 0.6 is 15.9 Å². The summed E-state index contributed by atoms with van der Waals surface area (Å²) in [7, 11) is 0. The van der Waals surface area contributed by atoms with Crippen LogP contribution in [0.5, 0.6) is 0 Å². The van der Waals surface area contributed by atoms with Crippen LogP contribution in [0, 0.1) is 11.8 Å². The Kier molecular flexibility index (Phi) is 5.46. The van der Waals surface area contributed by atoms with Gasteiger partial charge in [-0.3, -0.25) is 0 Å². The fraction of sp³-hybridized carbons (Fsp3) is 0.545. The number of allylic oxidation sites excluding steroid dienone is 2. The molecule has 0 saturated heterocycles. The number of alkyl halides is 1. The van der Waals surface area contributed by atoms with Crippen LogP contribution in [0.25, 0.3) is 0 Å². The standard InChI is InChI=1S/C22H29Br/c1-3-5-17-11-13-22(23,14-12-17)21-10-9-19-15-18(6-4-2)7-8-20(19)16-21/h3-4,9-10,16-18H,1-2,5-8,11-15H2. The van der Waals surface area contributed by atoms with Gasteiger partial charge in [-0.15, -0.1) is 13.2 Å². The lowest BCUT2D eigenvalue weighted by Gasteiger charge is -2.37. The van der Waals surface area contributed by atoms with E-state index in [1.165, 1.54) is 56.9 Å². The third-order valence-electron chi connectivity index (χ3n) is 5.95. The molecule has 1 aromatic carbocycles. The second-order valence-corrected chi connectivity index (χ2v) is 9.07. The third-order valence-corrected chi connectivity index (χ3v) is 7.20. The van der Waals surface area contributed by atoms with Crippen molar-refractivity contribution < 1.29 is 0 Å². The molecule has 0 bridgehead atoms. The topological polar surface area (TPSA) is 0 Å². The lowest BCUT2D eigenvalue weighted by molar-refractivity contribution is 0.311. The van der Waals surface area contributed by atoms with Crippen LogP contribution in [-0.4, -0.2) is 0 Å². The third kappa shape index (κ3) is 3.82. The molecule has 2 aliphatic carbocycles. The van der Waals surface area contributed by atoms with E-state index in [1.807, 2.05) is 0 Å². The van der Waals surface area contributed by atoms with E-state index >= 15 is 0 Å². The molecule has 1 saturated carbocycles. The molecule has 0 radical (unpaired) electrons. The van der Waals surface area contributed by atoms with Gasteiger partial charge in [0.05, 0.1) is 4.32 Å². The van der Waals surface area contributed by atoms with Crippen LogP contribution in [0.2, 0.25) is 0 Å². The number of halogens is 1. The van der Waals surface area contributed by atoms with Crippen molar-refractivity contribution in [3.8, 4) is 0 Å². The van der Waals surface area contributed by atoms with E-state index in [2.05, 4.69) is 59.4 Å². The summed E-state index contributed by atoms with van der Waals surface area (Å²) in [5.74, 6) is 1.65. The molecule has 124 valence electrons. The number of benzene rings is 1. The monoisotopic (exact) mass is 372 g/mol. The Bertz CT molecular complexity index is 563. The minimum Gasteiger partial charge on any atom is -0.103 e. The van der Waals surface area contributed by atoms with E-state index in [9.17, 15) is 0 Å². The lowest BCUT2D eigenvalue weighted by atomic mass is 9.75. The fourth-order valence-corrected chi connectivity index (χ4v) is 5.15. The number of hydrogen-bond acceptors (Lipinski definition) is 0. The predicted molar refractivity (Wildman–Crippen MR) is 104 cm³/mol. The lowest BCUT2D eigenvalue weighted by Crippen LogP contribution is -2.26. The minimum absolute atomic E-state index is 0.206. The minimum atomic E-state index is 0.206. The van der Waals surface area contributed by atoms with Crippen LogP contribution in [0.15, 0.2) is 43.5 Å². The second-order valence-electron chi connectivity index (χ2n) is 7.55. The van der Waals surface area contributed by atoms with Crippen molar-refractivity contribution in [3.63, 3.8) is 0 Å². The Balaban J connectivity index is 1.72. The van der Waals surface area contributed by atoms with Gasteiger partial charge in [0.2, 0.25) is 0 Å². The van der Waals surface area contributed by atoms with Crippen molar-refractivity contribution in [2.24, 2.45) is 11.8 Å². The van der Waals surface area contributed by atoms with Crippen molar-refractivity contribution in [3.05, 3.63) is 60.2 Å². The number of aryl methyl sites for hydroxylation is 1. The zero-order chi connectivity index (χ0) is 16.3. The highest BCUT2D eigenvalue weighted by Gasteiger charge is 2.34. The summed E-state index contributed by atoms with van der Waals surface area (Å²) >= 11 is 4.11. The number of hydrogen-bond donors (Lipinski definition) is 0. The van der Waals surface area contributed by atoms with Crippen LogP contribution in [0.4, 0.5) is 0 Å². The number of fused-ring (bicyclic) bond motifs is 1. The maximum atomic E-state index is 4.11. The highest BCUT2D eigenvalue weighted by molar-refractivity contribution is 9.09. The molecule has 0 spiro atoms. The second kappa shape index (κ2) is 7.38. The molecule has 1 aromatic rings. The van der Waals surface area contributed by atoms with Crippen molar-refractivity contribution in [2.45, 2.75) is 62.1 Å². The summed E-state index contributed by atoms with van der Waals surface area (Å²) < 4.78 is 0.206. The van der Waals surface area contributed by atoms with Gasteiger partial charge in [-0.1, -0.05) is 46.3 Å². The molecule has 0 amide bonds. The Morgan fingerprint density at radius 1 is 1.00 bits per heavy atom. The molecule has 0 aliphatic heterocycles. The molecule has 2 aliphatic rings. The highest BCUT2D eigenvalue weighted by atomic mass is 79.9. The molecule has 1 unspecified atom stereocenters. The maximum Gasteiger partial charge on any atom is 0.0506 e. The Labute approximate surface area is 150 Å². The van der Waals surface area contributed by atoms with Gasteiger partial charge in [0, 0.05) is 0 Å². The van der Waals surface area contributed by atoms with Gasteiger partial charge < -0.3 is 0 Å². The molecule has 0 aromatic heterocycles. The fourth-order valence-electron chi connectivity index (χ4n) is 4.44. The first kappa shape index (κ1) is 17.0. The average Bonchev–Trinajstić information content (AvgIpc) is 2.57. The van der Waals surface area contributed by atoms with E-state index in [4.69, 9.17) is 0 Å². The van der Waals surface area contributed by atoms with E-state index in [-0.39, 0.29) is 4.32 Å². The first-order valence-electron chi connectivity index (χ1n) is 9.17. The van der Waals surface area contributed by atoms with Crippen LogP contribution in [-0.2, 0) is 17.2 Å². The van der Waals surface area contributed by atoms with Crippen molar-refractivity contribution in [1.82, 2.24) is 0 Å². The quantitative estimate of drug-likeness (QED) is 0.397. The van der Waals surface area contributed by atoms with Gasteiger partial charge in [0.1, 0.15) is 0 Å². The van der Waals surface area contributed by atoms with Gasteiger partial charge >= 0.3 is 0 Å². The van der Waals surface area contributed by atoms with Crippen LogP contribution in [0.1, 0.15) is 61.6 Å². The molecule has 3 rings (SSSR count). The van der Waals surface area contributed by atoms with Gasteiger partial charge in [0.15, 0.2) is 0 Å². The summed E-state index contributed by atoms with van der Waals surface area (Å²) in [6, 6.07) is 7.29. The summed E-state index contributed by atoms with van der Waals surface area (Å²) in [6.07, 6.45) is 15.4. The highest BCUT2D eigenvalue weighted by Crippen LogP contribution is 2.47. The zero-order valence-corrected chi connectivity index (χ0v) is 15.8. The molecule has 1 atom stereocenters. The van der Waals surface area contributed by atoms with E-state index in [1.54, 1.807) is 11.1 Å². The molecule has 1 fully saturated rings. The Hall–Kier alpha value is -0.820. The van der Waals surface area contributed by atoms with Crippen molar-refractivity contribution in [2.75, 3.05) is 0 Å². The van der Waals surface area contributed by atoms with Crippen molar-refractivity contribution in [1.29, 1.82) is 0 Å². The summed E-state index contributed by atoms with van der Waals surface area (Å²) in [5, 5.41) is 0. The first-order chi connectivity index (χ1) is 11.1. The Morgan fingerprint density at radius 2 is 1.70 bits per heavy atom. The van der Waals surface area contributed by atoms with Crippen molar-refractivity contribution >= 4 is 15.9 Å². The van der Waals surface area contributed by atoms with Gasteiger partial charge in [-0.25, -0.2) is 0 Å². The molecule has 0 N–H and O–H groups in total. The SMILES string of the molecule is C=CCC1CCC(Br)(c2ccc3c(c2)CCC(CC=C)C3)CC1. The normalized spacial score (nSPS) is 30.5. The van der Waals surface area contributed by atoms with Gasteiger partial charge in [-0.2, -0.15) is 0 Å². The Morgan fingerprint density at radius 3 is 2.39 bits per heavy atom. The average molecular weight is 373 g/mol. The first-order valence-corrected chi connectivity index (χ1v) is 9.97. The molecule has 23 heavy (non-hydrogen) atoms. The van der Waals surface area contributed by atoms with Crippen LogP contribution in [0.3, 0.4) is 0 Å². The van der Waals surface area contributed by atoms with E-state index < -0.39 is 0 Å². The molecular formula is C22H29Br. The summed E-state index contributed by atoms with van der Waals surface area (Å²) in [4.78, 5) is 0. The van der Waals surface area contributed by atoms with Gasteiger partial charge in [0.25, 0.3) is 0 Å². The molecular weight excluding hydrogens is 344 g/mol. The largest absolute Gasteiger partial charge is 0.103 e. The van der Waals surface area contributed by atoms with Crippen LogP contribution < -0.4 is 0 Å². The summed E-state index contributed by atoms with van der Waals surface area (Å²) in [5.41, 5.74) is 4.67. The molecule has 1 heteroatoms. The smallest absolute Gasteiger partial charge is 0.0506 e. The molecule has 0 nitrogen and oxygen atoms in total. The number of rotatable bonds is 5.